The number of nitrogens with zero attached hydrogens (tertiary/aromatic N) is 1. The summed E-state index contributed by atoms with van der Waals surface area (Å²) in [6.07, 6.45) is 47.4. The molecule has 0 spiro atoms. The number of allylic oxidation sites excluding steroid dienone is 7. The Kier molecular flexibility index (Phi) is 36.9. The van der Waals surface area contributed by atoms with Crippen molar-refractivity contribution in [2.45, 2.75) is 199 Å². The Morgan fingerprint density at radius 1 is 0.618 bits per heavy atom. The number of quaternary nitrogens is 1. The van der Waals surface area contributed by atoms with E-state index < -0.39 is 20.0 Å². The van der Waals surface area contributed by atoms with E-state index in [2.05, 4.69) is 55.6 Å². The highest BCUT2D eigenvalue weighted by atomic mass is 31.2. The highest BCUT2D eigenvalue weighted by molar-refractivity contribution is 7.47. The average Bonchev–Trinajstić information content (AvgIpc) is 3.13. The van der Waals surface area contributed by atoms with Gasteiger partial charge in [0.05, 0.1) is 39.9 Å². The number of carbonyl (C=O) groups excluding carboxylic acids is 1. The summed E-state index contributed by atoms with van der Waals surface area (Å²) in [5.41, 5.74) is 0. The van der Waals surface area contributed by atoms with Gasteiger partial charge in [0.2, 0.25) is 5.91 Å². The summed E-state index contributed by atoms with van der Waals surface area (Å²) in [5, 5.41) is 13.8. The highest BCUT2D eigenvalue weighted by Gasteiger charge is 2.27. The maximum Gasteiger partial charge on any atom is 0.472 e. The number of carbonyl (C=O) groups is 1. The second-order valence-corrected chi connectivity index (χ2v) is 17.9. The van der Waals surface area contributed by atoms with E-state index in [0.717, 1.165) is 64.2 Å². The second-order valence-electron chi connectivity index (χ2n) is 16.4. The van der Waals surface area contributed by atoms with Crippen molar-refractivity contribution >= 4 is 13.7 Å². The molecule has 0 aromatic rings. The van der Waals surface area contributed by atoms with Gasteiger partial charge in [0.15, 0.2) is 0 Å². The van der Waals surface area contributed by atoms with Crippen LogP contribution >= 0.6 is 7.82 Å². The van der Waals surface area contributed by atoms with Crippen LogP contribution in [0.15, 0.2) is 48.6 Å². The van der Waals surface area contributed by atoms with Gasteiger partial charge < -0.3 is 19.8 Å². The number of unbranched alkanes of at least 4 members (excludes halogenated alkanes) is 21. The van der Waals surface area contributed by atoms with Crippen molar-refractivity contribution in [1.82, 2.24) is 5.32 Å². The first-order chi connectivity index (χ1) is 26.5. The number of nitrogens with one attached hydrogen (secondary N) is 1. The summed E-state index contributed by atoms with van der Waals surface area (Å²) in [4.78, 5) is 23.1. The Morgan fingerprint density at radius 3 is 1.55 bits per heavy atom. The van der Waals surface area contributed by atoms with E-state index in [1.54, 1.807) is 6.08 Å². The van der Waals surface area contributed by atoms with Crippen molar-refractivity contribution in [3.8, 4) is 0 Å². The van der Waals surface area contributed by atoms with E-state index in [-0.39, 0.29) is 19.1 Å². The Balaban J connectivity index is 4.44. The fraction of sp³-hybridized carbons (Fsp3) is 0.804. The zero-order chi connectivity index (χ0) is 40.7. The highest BCUT2D eigenvalue weighted by Crippen LogP contribution is 2.43. The van der Waals surface area contributed by atoms with E-state index in [4.69, 9.17) is 9.05 Å². The molecule has 3 unspecified atom stereocenters. The van der Waals surface area contributed by atoms with Crippen LogP contribution in [0.1, 0.15) is 187 Å². The number of amides is 1. The van der Waals surface area contributed by atoms with Crippen LogP contribution in [-0.2, 0) is 18.4 Å². The lowest BCUT2D eigenvalue weighted by Crippen LogP contribution is -2.45. The number of aliphatic hydroxyl groups excluding tert-OH is 1. The first-order valence-electron chi connectivity index (χ1n) is 22.5. The van der Waals surface area contributed by atoms with Crippen LogP contribution in [0.4, 0.5) is 0 Å². The first kappa shape index (κ1) is 53.5. The fourth-order valence-corrected chi connectivity index (χ4v) is 6.90. The number of hydrogen-bond acceptors (Lipinski definition) is 5. The number of phosphoric acid groups is 1. The largest absolute Gasteiger partial charge is 0.472 e. The molecule has 0 aromatic heterocycles. The minimum atomic E-state index is -4.34. The van der Waals surface area contributed by atoms with Gasteiger partial charge in [-0.15, -0.1) is 0 Å². The third-order valence-electron chi connectivity index (χ3n) is 9.79. The van der Waals surface area contributed by atoms with Crippen molar-refractivity contribution in [1.29, 1.82) is 0 Å². The topological polar surface area (TPSA) is 105 Å². The first-order valence-corrected chi connectivity index (χ1v) is 24.0. The lowest BCUT2D eigenvalue weighted by Gasteiger charge is -2.25. The third-order valence-corrected chi connectivity index (χ3v) is 10.8. The lowest BCUT2D eigenvalue weighted by molar-refractivity contribution is -0.870. The summed E-state index contributed by atoms with van der Waals surface area (Å²) in [6.45, 7) is 4.76. The fourth-order valence-electron chi connectivity index (χ4n) is 6.16. The van der Waals surface area contributed by atoms with Gasteiger partial charge >= 0.3 is 7.82 Å². The minimum absolute atomic E-state index is 0.0572. The van der Waals surface area contributed by atoms with Gasteiger partial charge in [-0.2, -0.15) is 0 Å². The van der Waals surface area contributed by atoms with Crippen molar-refractivity contribution in [2.24, 2.45) is 0 Å². The summed E-state index contributed by atoms with van der Waals surface area (Å²) >= 11 is 0. The minimum Gasteiger partial charge on any atom is -0.387 e. The van der Waals surface area contributed by atoms with Gasteiger partial charge in [0, 0.05) is 6.42 Å². The number of aliphatic hydroxyl groups is 1. The van der Waals surface area contributed by atoms with Crippen molar-refractivity contribution < 1.29 is 32.9 Å². The molecule has 0 radical (unpaired) electrons. The molecule has 3 N–H and O–H groups in total. The van der Waals surface area contributed by atoms with Crippen LogP contribution < -0.4 is 5.32 Å². The molecule has 0 aliphatic rings. The molecule has 1 amide bonds. The molecule has 0 saturated heterocycles. The van der Waals surface area contributed by atoms with Crippen molar-refractivity contribution in [3.63, 3.8) is 0 Å². The van der Waals surface area contributed by atoms with Gasteiger partial charge in [0.1, 0.15) is 13.2 Å². The summed E-state index contributed by atoms with van der Waals surface area (Å²) in [5.74, 6) is -0.192. The smallest absolute Gasteiger partial charge is 0.387 e. The maximum absolute atomic E-state index is 12.9. The zero-order valence-corrected chi connectivity index (χ0v) is 37.3. The molecule has 9 heteroatoms. The Bertz CT molecular complexity index is 1040. The molecular weight excluding hydrogens is 707 g/mol. The van der Waals surface area contributed by atoms with Crippen molar-refractivity contribution in [2.75, 3.05) is 40.9 Å². The third kappa shape index (κ3) is 40.5. The molecule has 0 aromatic carbocycles. The van der Waals surface area contributed by atoms with Crippen LogP contribution in [-0.4, -0.2) is 73.4 Å². The Morgan fingerprint density at radius 2 is 1.04 bits per heavy atom. The van der Waals surface area contributed by atoms with Gasteiger partial charge in [-0.25, -0.2) is 4.57 Å². The molecule has 0 fully saturated rings. The van der Waals surface area contributed by atoms with Gasteiger partial charge in [-0.05, 0) is 57.8 Å². The van der Waals surface area contributed by atoms with Gasteiger partial charge in [-0.3, -0.25) is 13.8 Å². The van der Waals surface area contributed by atoms with E-state index in [0.29, 0.717) is 17.4 Å². The van der Waals surface area contributed by atoms with E-state index in [9.17, 15) is 19.4 Å². The molecule has 0 bridgehead atoms. The SMILES string of the molecule is CCCCC/C=C\C/C=C\C/C=C\CCCCCCCCC(=O)NC(COP(=O)(O)OCC[N+](C)(C)C)C(O)/C=C/CCCCCCCCCCCCCC. The molecular formula is C46H88N2O6P+. The standard InChI is InChI=1S/C46H87N2O6P/c1-6-8-10-12-14-16-18-20-22-23-24-25-26-28-30-32-34-36-38-40-46(50)47-44(43-54-55(51,52)53-42-41-48(3,4)5)45(49)39-37-35-33-31-29-27-21-19-17-15-13-11-9-7-2/h14,16,20,22,24-25,37,39,44-45,49H,6-13,15,17-19,21,23,26-36,38,40-43H2,1-5H3,(H-,47,50,51,52)/p+1/b16-14-,22-20-,25-24-,39-37+. The zero-order valence-electron chi connectivity index (χ0n) is 36.4. The summed E-state index contributed by atoms with van der Waals surface area (Å²) in [6, 6.07) is -0.853. The quantitative estimate of drug-likeness (QED) is 0.0247. The predicted molar refractivity (Wildman–Crippen MR) is 235 cm³/mol. The van der Waals surface area contributed by atoms with Gasteiger partial charge in [-0.1, -0.05) is 172 Å². The Hall–Kier alpha value is -1.54. The monoisotopic (exact) mass is 796 g/mol. The second kappa shape index (κ2) is 38.0. The number of phosphoric ester groups is 1. The molecule has 0 aliphatic carbocycles. The normalized spacial score (nSPS) is 14.8. The molecule has 3 atom stereocenters. The molecule has 0 aliphatic heterocycles. The molecule has 55 heavy (non-hydrogen) atoms. The molecule has 0 heterocycles. The van der Waals surface area contributed by atoms with Crippen LogP contribution in [0.2, 0.25) is 0 Å². The number of likely N-dealkylation sites (N-methyl/N-ethyl adjacent to an activating group) is 1. The maximum atomic E-state index is 12.9. The molecule has 0 rings (SSSR count). The van der Waals surface area contributed by atoms with E-state index in [1.807, 2.05) is 27.2 Å². The van der Waals surface area contributed by atoms with Crippen LogP contribution in [0.3, 0.4) is 0 Å². The van der Waals surface area contributed by atoms with Crippen molar-refractivity contribution in [3.05, 3.63) is 48.6 Å². The average molecular weight is 796 g/mol. The molecule has 0 saturated carbocycles. The lowest BCUT2D eigenvalue weighted by atomic mass is 10.0. The number of hydrogen-bond donors (Lipinski definition) is 3. The van der Waals surface area contributed by atoms with Crippen LogP contribution in [0, 0.1) is 0 Å². The Labute approximate surface area is 339 Å². The van der Waals surface area contributed by atoms with E-state index >= 15 is 0 Å². The van der Waals surface area contributed by atoms with E-state index in [1.165, 1.54) is 103 Å². The summed E-state index contributed by atoms with van der Waals surface area (Å²) in [7, 11) is 1.56. The number of rotatable bonds is 40. The predicted octanol–water partition coefficient (Wildman–Crippen LogP) is 12.5. The molecule has 322 valence electrons. The van der Waals surface area contributed by atoms with Crippen LogP contribution in [0.25, 0.3) is 0 Å². The van der Waals surface area contributed by atoms with Gasteiger partial charge in [0.25, 0.3) is 0 Å². The molecule has 8 nitrogen and oxygen atoms in total. The van der Waals surface area contributed by atoms with Crippen LogP contribution in [0.5, 0.6) is 0 Å². The summed E-state index contributed by atoms with van der Waals surface area (Å²) < 4.78 is 23.5.